The lowest BCUT2D eigenvalue weighted by Crippen LogP contribution is -2.31. The van der Waals surface area contributed by atoms with Crippen molar-refractivity contribution in [3.63, 3.8) is 0 Å². The maximum atomic E-state index is 5.94. The van der Waals surface area contributed by atoms with Crippen LogP contribution in [0.15, 0.2) is 30.5 Å². The minimum absolute atomic E-state index is 0.0727. The first-order valence-electron chi connectivity index (χ1n) is 7.25. The van der Waals surface area contributed by atoms with Gasteiger partial charge in [-0.25, -0.2) is 0 Å². The van der Waals surface area contributed by atoms with Crippen molar-refractivity contribution < 1.29 is 4.74 Å². The largest absolute Gasteiger partial charge is 0.372 e. The Morgan fingerprint density at radius 1 is 1.38 bits per heavy atom. The van der Waals surface area contributed by atoms with Crippen molar-refractivity contribution in [3.8, 4) is 0 Å². The van der Waals surface area contributed by atoms with E-state index in [9.17, 15) is 0 Å². The zero-order valence-electron chi connectivity index (χ0n) is 12.0. The van der Waals surface area contributed by atoms with Gasteiger partial charge in [0.05, 0.1) is 11.8 Å². The molecule has 0 spiro atoms. The molecule has 0 amide bonds. The molecule has 1 aliphatic heterocycles. The van der Waals surface area contributed by atoms with Gasteiger partial charge in [-0.3, -0.25) is 4.68 Å². The average Bonchev–Trinajstić information content (AvgIpc) is 3.15. The highest BCUT2D eigenvalue weighted by molar-refractivity contribution is 6.30. The number of aromatic nitrogens is 3. The second kappa shape index (κ2) is 6.56. The maximum Gasteiger partial charge on any atom is 0.0978 e. The summed E-state index contributed by atoms with van der Waals surface area (Å²) in [5.41, 5.74) is 2.12. The molecule has 1 N–H and O–H groups in total. The summed E-state index contributed by atoms with van der Waals surface area (Å²) in [4.78, 5) is 0. The van der Waals surface area contributed by atoms with Crippen molar-refractivity contribution in [2.24, 2.45) is 0 Å². The molecule has 3 rings (SSSR count). The van der Waals surface area contributed by atoms with Gasteiger partial charge in [0.25, 0.3) is 0 Å². The third kappa shape index (κ3) is 3.43. The molecule has 1 fully saturated rings. The molecule has 1 saturated heterocycles. The van der Waals surface area contributed by atoms with E-state index in [0.717, 1.165) is 35.9 Å². The minimum atomic E-state index is 0.0727. The molecule has 5 nitrogen and oxygen atoms in total. The minimum Gasteiger partial charge on any atom is -0.372 e. The SMILES string of the molecule is CCn1cc(CN[C@@H]2CCO[C@H]2c2ccc(Cl)cc2)nn1. The molecule has 2 aromatic rings. The van der Waals surface area contributed by atoms with Crippen LogP contribution in [0.5, 0.6) is 0 Å². The average molecular weight is 307 g/mol. The number of hydrogen-bond acceptors (Lipinski definition) is 4. The Kier molecular flexibility index (Phi) is 4.53. The first kappa shape index (κ1) is 14.5. The van der Waals surface area contributed by atoms with E-state index in [2.05, 4.69) is 15.6 Å². The molecule has 21 heavy (non-hydrogen) atoms. The van der Waals surface area contributed by atoms with Crippen LogP contribution in [0, 0.1) is 0 Å². The zero-order chi connectivity index (χ0) is 14.7. The van der Waals surface area contributed by atoms with Gasteiger partial charge in [0.1, 0.15) is 0 Å². The quantitative estimate of drug-likeness (QED) is 0.922. The van der Waals surface area contributed by atoms with Crippen molar-refractivity contribution in [1.29, 1.82) is 0 Å². The Morgan fingerprint density at radius 3 is 2.90 bits per heavy atom. The summed E-state index contributed by atoms with van der Waals surface area (Å²) in [5, 5.41) is 12.5. The van der Waals surface area contributed by atoms with Gasteiger partial charge in [0.15, 0.2) is 0 Å². The number of hydrogen-bond donors (Lipinski definition) is 1. The number of aryl methyl sites for hydroxylation is 1. The molecule has 1 aromatic carbocycles. The highest BCUT2D eigenvalue weighted by atomic mass is 35.5. The number of halogens is 1. The van der Waals surface area contributed by atoms with E-state index in [1.54, 1.807) is 0 Å². The number of rotatable bonds is 5. The smallest absolute Gasteiger partial charge is 0.0978 e. The summed E-state index contributed by atoms with van der Waals surface area (Å²) in [6.07, 6.45) is 3.04. The number of nitrogens with one attached hydrogen (secondary N) is 1. The van der Waals surface area contributed by atoms with Gasteiger partial charge in [0, 0.05) is 37.0 Å². The molecule has 0 bridgehead atoms. The van der Waals surface area contributed by atoms with Crippen LogP contribution in [-0.2, 0) is 17.8 Å². The standard InChI is InChI=1S/C15H19ClN4O/c1-2-20-10-13(18-19-20)9-17-14-7-8-21-15(14)11-3-5-12(16)6-4-11/h3-6,10,14-15,17H,2,7-9H2,1H3/t14-,15+/m1/s1. The van der Waals surface area contributed by atoms with Crippen LogP contribution in [0.3, 0.4) is 0 Å². The highest BCUT2D eigenvalue weighted by Crippen LogP contribution is 2.30. The predicted molar refractivity (Wildman–Crippen MR) is 81.1 cm³/mol. The number of benzene rings is 1. The molecule has 1 aromatic heterocycles. The van der Waals surface area contributed by atoms with Crippen LogP contribution in [0.1, 0.15) is 30.7 Å². The van der Waals surface area contributed by atoms with Crippen molar-refractivity contribution >= 4 is 11.6 Å². The van der Waals surface area contributed by atoms with Crippen LogP contribution in [0.2, 0.25) is 5.02 Å². The Bertz CT molecular complexity index is 584. The van der Waals surface area contributed by atoms with Crippen molar-refractivity contribution in [3.05, 3.63) is 46.7 Å². The van der Waals surface area contributed by atoms with E-state index >= 15 is 0 Å². The molecule has 0 aliphatic carbocycles. The van der Waals surface area contributed by atoms with Crippen LogP contribution in [-0.4, -0.2) is 27.6 Å². The highest BCUT2D eigenvalue weighted by Gasteiger charge is 2.29. The molecule has 0 unspecified atom stereocenters. The van der Waals surface area contributed by atoms with Crippen LogP contribution < -0.4 is 5.32 Å². The lowest BCUT2D eigenvalue weighted by atomic mass is 10.0. The summed E-state index contributed by atoms with van der Waals surface area (Å²) in [6.45, 7) is 4.37. The summed E-state index contributed by atoms with van der Waals surface area (Å²) in [5.74, 6) is 0. The summed E-state index contributed by atoms with van der Waals surface area (Å²) in [7, 11) is 0. The van der Waals surface area contributed by atoms with E-state index in [-0.39, 0.29) is 12.1 Å². The molecule has 6 heteroatoms. The van der Waals surface area contributed by atoms with E-state index < -0.39 is 0 Å². The molecule has 112 valence electrons. The van der Waals surface area contributed by atoms with Crippen LogP contribution in [0.25, 0.3) is 0 Å². The third-order valence-corrected chi connectivity index (χ3v) is 4.00. The fourth-order valence-corrected chi connectivity index (χ4v) is 2.72. The van der Waals surface area contributed by atoms with Crippen LogP contribution in [0.4, 0.5) is 0 Å². The molecule has 2 heterocycles. The van der Waals surface area contributed by atoms with Gasteiger partial charge in [-0.15, -0.1) is 5.10 Å². The van der Waals surface area contributed by atoms with E-state index in [4.69, 9.17) is 16.3 Å². The fourth-order valence-electron chi connectivity index (χ4n) is 2.59. The number of ether oxygens (including phenoxy) is 1. The molecular formula is C15H19ClN4O. The summed E-state index contributed by atoms with van der Waals surface area (Å²) < 4.78 is 7.69. The van der Waals surface area contributed by atoms with Crippen molar-refractivity contribution in [2.45, 2.75) is 38.6 Å². The zero-order valence-corrected chi connectivity index (χ0v) is 12.8. The second-order valence-electron chi connectivity index (χ2n) is 5.18. The topological polar surface area (TPSA) is 52.0 Å². The second-order valence-corrected chi connectivity index (χ2v) is 5.62. The van der Waals surface area contributed by atoms with Gasteiger partial charge >= 0.3 is 0 Å². The first-order valence-corrected chi connectivity index (χ1v) is 7.63. The monoisotopic (exact) mass is 306 g/mol. The van der Waals surface area contributed by atoms with Gasteiger partial charge in [0.2, 0.25) is 0 Å². The third-order valence-electron chi connectivity index (χ3n) is 3.75. The molecular weight excluding hydrogens is 288 g/mol. The summed E-state index contributed by atoms with van der Waals surface area (Å²) >= 11 is 5.94. The van der Waals surface area contributed by atoms with Crippen LogP contribution >= 0.6 is 11.6 Å². The Labute approximate surface area is 129 Å². The van der Waals surface area contributed by atoms with E-state index in [0.29, 0.717) is 6.54 Å². The Morgan fingerprint density at radius 2 is 2.19 bits per heavy atom. The predicted octanol–water partition coefficient (Wildman–Crippen LogP) is 2.57. The normalized spacial score (nSPS) is 21.8. The fraction of sp³-hybridized carbons (Fsp3) is 0.467. The Hall–Kier alpha value is -1.43. The van der Waals surface area contributed by atoms with Crippen molar-refractivity contribution in [2.75, 3.05) is 6.61 Å². The molecule has 1 aliphatic rings. The maximum absolute atomic E-state index is 5.94. The van der Waals surface area contributed by atoms with E-state index in [1.165, 1.54) is 0 Å². The lowest BCUT2D eigenvalue weighted by Gasteiger charge is -2.19. The Balaban J connectivity index is 1.62. The molecule has 0 saturated carbocycles. The van der Waals surface area contributed by atoms with Gasteiger partial charge in [-0.05, 0) is 31.0 Å². The van der Waals surface area contributed by atoms with E-state index in [1.807, 2.05) is 42.1 Å². The lowest BCUT2D eigenvalue weighted by molar-refractivity contribution is 0.0984. The first-order chi connectivity index (χ1) is 10.3. The van der Waals surface area contributed by atoms with Gasteiger partial charge in [-0.2, -0.15) is 0 Å². The molecule has 0 radical (unpaired) electrons. The summed E-state index contributed by atoms with van der Waals surface area (Å²) in [6, 6.07) is 8.16. The van der Waals surface area contributed by atoms with Gasteiger partial charge in [-0.1, -0.05) is 28.9 Å². The molecule has 2 atom stereocenters. The van der Waals surface area contributed by atoms with Crippen molar-refractivity contribution in [1.82, 2.24) is 20.3 Å². The number of nitrogens with zero attached hydrogens (tertiary/aromatic N) is 3. The van der Waals surface area contributed by atoms with Gasteiger partial charge < -0.3 is 10.1 Å².